The van der Waals surface area contributed by atoms with Crippen LogP contribution in [0.2, 0.25) is 0 Å². The van der Waals surface area contributed by atoms with Crippen molar-refractivity contribution in [2.75, 3.05) is 6.61 Å². The van der Waals surface area contributed by atoms with E-state index in [0.717, 1.165) is 0 Å². The van der Waals surface area contributed by atoms with Crippen molar-refractivity contribution in [2.24, 2.45) is 22.7 Å². The quantitative estimate of drug-likeness (QED) is 0.573. The third-order valence-corrected chi connectivity index (χ3v) is 6.65. The van der Waals surface area contributed by atoms with Crippen LogP contribution >= 0.6 is 0 Å². The van der Waals surface area contributed by atoms with E-state index in [1.807, 2.05) is 0 Å². The Kier molecular flexibility index (Phi) is 3.03. The van der Waals surface area contributed by atoms with Gasteiger partial charge < -0.3 is 9.47 Å². The number of epoxide rings is 1. The molecule has 2 saturated carbocycles. The molecule has 3 rings (SSSR count). The molecule has 114 valence electrons. The molecule has 2 aliphatic carbocycles. The van der Waals surface area contributed by atoms with Gasteiger partial charge in [-0.15, -0.1) is 0 Å². The molecule has 0 amide bonds. The van der Waals surface area contributed by atoms with Crippen LogP contribution in [0.4, 0.5) is 0 Å². The van der Waals surface area contributed by atoms with Gasteiger partial charge in [0, 0.05) is 12.8 Å². The van der Waals surface area contributed by atoms with Gasteiger partial charge in [0.2, 0.25) is 0 Å². The van der Waals surface area contributed by atoms with Gasteiger partial charge in [-0.05, 0) is 42.9 Å². The maximum atomic E-state index is 11.2. The molecule has 3 nitrogen and oxygen atoms in total. The number of hydrogen-bond donors (Lipinski definition) is 0. The van der Waals surface area contributed by atoms with Crippen molar-refractivity contribution in [3.63, 3.8) is 0 Å². The third-order valence-electron chi connectivity index (χ3n) is 6.65. The predicted octanol–water partition coefficient (Wildman–Crippen LogP) is 3.56. The minimum absolute atomic E-state index is 0.0614. The first-order valence-corrected chi connectivity index (χ1v) is 8.01. The van der Waals surface area contributed by atoms with Crippen molar-refractivity contribution in [1.82, 2.24) is 0 Å². The summed E-state index contributed by atoms with van der Waals surface area (Å²) in [5.74, 6) is 0.832. The molecule has 1 aliphatic heterocycles. The van der Waals surface area contributed by atoms with E-state index < -0.39 is 0 Å². The Morgan fingerprint density at radius 1 is 1.25 bits per heavy atom. The predicted molar refractivity (Wildman–Crippen MR) is 77.2 cm³/mol. The number of hydrogen-bond acceptors (Lipinski definition) is 3. The molecule has 3 aliphatic rings. The number of carbonyl (C=O) groups is 1. The van der Waals surface area contributed by atoms with E-state index in [1.165, 1.54) is 32.6 Å². The topological polar surface area (TPSA) is 38.8 Å². The SMILES string of the molecule is CC(=O)OC[C@H]1[C@]2(C)CCCC(C)(C)[C@H]2C[C@@H]2O[C@@]21C. The van der Waals surface area contributed by atoms with Crippen LogP contribution in [-0.2, 0) is 14.3 Å². The summed E-state index contributed by atoms with van der Waals surface area (Å²) >= 11 is 0. The lowest BCUT2D eigenvalue weighted by Crippen LogP contribution is -2.55. The van der Waals surface area contributed by atoms with Crippen LogP contribution in [0.3, 0.4) is 0 Å². The Morgan fingerprint density at radius 3 is 2.60 bits per heavy atom. The summed E-state index contributed by atoms with van der Waals surface area (Å²) in [7, 11) is 0. The molecule has 0 radical (unpaired) electrons. The minimum Gasteiger partial charge on any atom is -0.465 e. The van der Waals surface area contributed by atoms with Crippen LogP contribution < -0.4 is 0 Å². The van der Waals surface area contributed by atoms with Crippen molar-refractivity contribution in [3.05, 3.63) is 0 Å². The molecule has 0 aromatic carbocycles. The number of rotatable bonds is 2. The Bertz CT molecular complexity index is 430. The largest absolute Gasteiger partial charge is 0.465 e. The fraction of sp³-hybridized carbons (Fsp3) is 0.941. The van der Waals surface area contributed by atoms with Crippen LogP contribution in [0, 0.1) is 22.7 Å². The minimum atomic E-state index is -0.174. The van der Waals surface area contributed by atoms with E-state index >= 15 is 0 Å². The number of ether oxygens (including phenoxy) is 2. The lowest BCUT2D eigenvalue weighted by molar-refractivity contribution is -0.150. The highest BCUT2D eigenvalue weighted by Gasteiger charge is 2.70. The fourth-order valence-electron chi connectivity index (χ4n) is 5.46. The van der Waals surface area contributed by atoms with Crippen LogP contribution in [0.15, 0.2) is 0 Å². The molecule has 0 spiro atoms. The van der Waals surface area contributed by atoms with Gasteiger partial charge in [0.25, 0.3) is 0 Å². The molecule has 0 bridgehead atoms. The van der Waals surface area contributed by atoms with E-state index in [1.54, 1.807) is 0 Å². The van der Waals surface area contributed by atoms with Gasteiger partial charge in [0.15, 0.2) is 0 Å². The Labute approximate surface area is 122 Å². The molecule has 5 atom stereocenters. The number of fused-ring (bicyclic) bond motifs is 2. The summed E-state index contributed by atoms with van der Waals surface area (Å²) in [6.45, 7) is 11.5. The van der Waals surface area contributed by atoms with Gasteiger partial charge in [-0.2, -0.15) is 0 Å². The normalized spacial score (nSPS) is 49.0. The van der Waals surface area contributed by atoms with Gasteiger partial charge in [0.05, 0.1) is 18.3 Å². The smallest absolute Gasteiger partial charge is 0.302 e. The summed E-state index contributed by atoms with van der Waals surface area (Å²) in [4.78, 5) is 11.2. The summed E-state index contributed by atoms with van der Waals surface area (Å²) in [6.07, 6.45) is 5.36. The maximum absolute atomic E-state index is 11.2. The van der Waals surface area contributed by atoms with Crippen molar-refractivity contribution in [3.8, 4) is 0 Å². The second kappa shape index (κ2) is 4.22. The highest BCUT2D eigenvalue weighted by Crippen LogP contribution is 2.67. The Morgan fingerprint density at radius 2 is 1.95 bits per heavy atom. The molecular weight excluding hydrogens is 252 g/mol. The average Bonchev–Trinajstić information content (AvgIpc) is 2.96. The van der Waals surface area contributed by atoms with E-state index in [2.05, 4.69) is 27.7 Å². The summed E-state index contributed by atoms with van der Waals surface area (Å²) in [6, 6.07) is 0. The summed E-state index contributed by atoms with van der Waals surface area (Å²) in [5.41, 5.74) is 0.543. The first-order chi connectivity index (χ1) is 9.20. The van der Waals surface area contributed by atoms with Crippen molar-refractivity contribution in [1.29, 1.82) is 0 Å². The number of carbonyl (C=O) groups excluding carboxylic acids is 1. The van der Waals surface area contributed by atoms with Gasteiger partial charge in [0.1, 0.15) is 0 Å². The molecule has 1 heterocycles. The van der Waals surface area contributed by atoms with Crippen LogP contribution in [0.5, 0.6) is 0 Å². The van der Waals surface area contributed by atoms with Gasteiger partial charge in [-0.1, -0.05) is 27.2 Å². The van der Waals surface area contributed by atoms with E-state index in [4.69, 9.17) is 9.47 Å². The van der Waals surface area contributed by atoms with Crippen molar-refractivity contribution >= 4 is 5.97 Å². The molecule has 0 aromatic rings. The molecule has 0 N–H and O–H groups in total. The van der Waals surface area contributed by atoms with Gasteiger partial charge >= 0.3 is 5.97 Å². The molecule has 20 heavy (non-hydrogen) atoms. The Balaban J connectivity index is 1.91. The summed E-state index contributed by atoms with van der Waals surface area (Å²) in [5, 5.41) is 0. The molecule has 1 saturated heterocycles. The zero-order valence-corrected chi connectivity index (χ0v) is 13.5. The third kappa shape index (κ3) is 1.93. The molecule has 0 unspecified atom stereocenters. The van der Waals surface area contributed by atoms with Crippen LogP contribution in [0.25, 0.3) is 0 Å². The standard InChI is InChI=1S/C17H28O3/c1-11(18)19-10-13-16(4)8-6-7-15(2,3)12(16)9-14-17(13,5)20-14/h12-14H,6-10H2,1-5H3/t12-,13+,14+,16-,17-/m1/s1. The zero-order valence-electron chi connectivity index (χ0n) is 13.5. The molecule has 0 aromatic heterocycles. The molecular formula is C17H28O3. The average molecular weight is 280 g/mol. The highest BCUT2D eigenvalue weighted by atomic mass is 16.6. The zero-order chi connectivity index (χ0) is 14.8. The Hall–Kier alpha value is -0.570. The van der Waals surface area contributed by atoms with Crippen molar-refractivity contribution < 1.29 is 14.3 Å². The van der Waals surface area contributed by atoms with E-state index in [9.17, 15) is 4.79 Å². The molecule has 3 heteroatoms. The van der Waals surface area contributed by atoms with E-state index in [-0.39, 0.29) is 17.0 Å². The van der Waals surface area contributed by atoms with Crippen LogP contribution in [0.1, 0.15) is 60.3 Å². The monoisotopic (exact) mass is 280 g/mol. The highest BCUT2D eigenvalue weighted by molar-refractivity contribution is 5.65. The maximum Gasteiger partial charge on any atom is 0.302 e. The van der Waals surface area contributed by atoms with Gasteiger partial charge in [-0.25, -0.2) is 0 Å². The van der Waals surface area contributed by atoms with Crippen LogP contribution in [-0.4, -0.2) is 24.3 Å². The lowest BCUT2D eigenvalue weighted by atomic mass is 9.47. The first kappa shape index (κ1) is 14.4. The van der Waals surface area contributed by atoms with Gasteiger partial charge in [-0.3, -0.25) is 4.79 Å². The fourth-order valence-corrected chi connectivity index (χ4v) is 5.46. The first-order valence-electron chi connectivity index (χ1n) is 8.01. The molecule has 3 fully saturated rings. The van der Waals surface area contributed by atoms with E-state index in [0.29, 0.717) is 30.0 Å². The lowest BCUT2D eigenvalue weighted by Gasteiger charge is -2.57. The second-order valence-electron chi connectivity index (χ2n) is 8.28. The number of esters is 1. The summed E-state index contributed by atoms with van der Waals surface area (Å²) < 4.78 is 11.5. The second-order valence-corrected chi connectivity index (χ2v) is 8.28. The van der Waals surface area contributed by atoms with Crippen molar-refractivity contribution in [2.45, 2.75) is 72.0 Å².